The minimum Gasteiger partial charge on any atom is -0.459 e. The van der Waals surface area contributed by atoms with Crippen molar-refractivity contribution in [1.29, 1.82) is 0 Å². The highest BCUT2D eigenvalue weighted by atomic mass is 35.5. The summed E-state index contributed by atoms with van der Waals surface area (Å²) in [4.78, 5) is 17.3. The van der Waals surface area contributed by atoms with E-state index in [-0.39, 0.29) is 5.97 Å². The number of benzene rings is 1. The summed E-state index contributed by atoms with van der Waals surface area (Å²) in [5, 5.41) is 1.25. The zero-order valence-corrected chi connectivity index (χ0v) is 19.9. The summed E-state index contributed by atoms with van der Waals surface area (Å²) < 4.78 is 5.54. The maximum atomic E-state index is 12.5. The van der Waals surface area contributed by atoms with Crippen molar-refractivity contribution in [3.63, 3.8) is 0 Å². The number of carbonyl (C=O) groups is 1. The van der Waals surface area contributed by atoms with E-state index in [2.05, 4.69) is 9.80 Å². The first kappa shape index (κ1) is 23.6. The molecule has 2 fully saturated rings. The summed E-state index contributed by atoms with van der Waals surface area (Å²) in [7, 11) is 0. The number of rotatable bonds is 5. The minimum absolute atomic E-state index is 0.246. The van der Waals surface area contributed by atoms with Crippen LogP contribution in [0.5, 0.6) is 0 Å². The van der Waals surface area contributed by atoms with Crippen LogP contribution in [0.3, 0.4) is 0 Å². The third-order valence-electron chi connectivity index (χ3n) is 6.30. The molecule has 1 aromatic rings. The highest BCUT2D eigenvalue weighted by Gasteiger charge is 2.41. The van der Waals surface area contributed by atoms with Crippen LogP contribution in [-0.2, 0) is 9.53 Å². The van der Waals surface area contributed by atoms with Crippen molar-refractivity contribution >= 4 is 34.9 Å². The number of nitrogens with two attached hydrogens (primary N) is 1. The van der Waals surface area contributed by atoms with E-state index in [0.717, 1.165) is 57.7 Å². The van der Waals surface area contributed by atoms with E-state index >= 15 is 0 Å². The highest BCUT2D eigenvalue weighted by Crippen LogP contribution is 2.35. The number of ether oxygens (including phenoxy) is 1. The van der Waals surface area contributed by atoms with Crippen molar-refractivity contribution in [2.24, 2.45) is 11.7 Å². The molecule has 1 aromatic carbocycles. The van der Waals surface area contributed by atoms with Gasteiger partial charge in [-0.15, -0.1) is 0 Å². The highest BCUT2D eigenvalue weighted by molar-refractivity contribution is 6.43. The van der Waals surface area contributed by atoms with Crippen LogP contribution in [-0.4, -0.2) is 54.7 Å². The van der Waals surface area contributed by atoms with E-state index < -0.39 is 11.1 Å². The Morgan fingerprint density at radius 2 is 1.80 bits per heavy atom. The van der Waals surface area contributed by atoms with Gasteiger partial charge < -0.3 is 15.4 Å². The van der Waals surface area contributed by atoms with Crippen molar-refractivity contribution in [3.05, 3.63) is 28.2 Å². The average Bonchev–Trinajstić information content (AvgIpc) is 2.69. The van der Waals surface area contributed by atoms with Gasteiger partial charge in [0, 0.05) is 26.2 Å². The lowest BCUT2D eigenvalue weighted by Gasteiger charge is -2.39. The summed E-state index contributed by atoms with van der Waals surface area (Å²) in [6.45, 7) is 10.7. The maximum Gasteiger partial charge on any atom is 0.326 e. The fourth-order valence-corrected chi connectivity index (χ4v) is 4.79. The largest absolute Gasteiger partial charge is 0.459 e. The van der Waals surface area contributed by atoms with Crippen LogP contribution in [0, 0.1) is 5.92 Å². The van der Waals surface area contributed by atoms with E-state index in [9.17, 15) is 4.79 Å². The van der Waals surface area contributed by atoms with Gasteiger partial charge in [-0.25, -0.2) is 0 Å². The number of halogens is 2. The molecular weight excluding hydrogens is 421 g/mol. The average molecular weight is 456 g/mol. The Kier molecular flexibility index (Phi) is 7.60. The standard InChI is InChI=1S/C23H35Cl2N3O2/c1-22(2,3)30-21(29)23(26)10-7-17(8-11-23)9-12-27-13-15-28(16-14-27)19-6-4-5-18(24)20(19)25/h4-6,17H,7-16,26H2,1-3H3. The molecular formula is C23H35Cl2N3O2. The molecule has 1 aliphatic carbocycles. The lowest BCUT2D eigenvalue weighted by atomic mass is 9.76. The normalized spacial score (nSPS) is 25.9. The van der Waals surface area contributed by atoms with Gasteiger partial charge in [-0.1, -0.05) is 29.3 Å². The van der Waals surface area contributed by atoms with Gasteiger partial charge in [-0.2, -0.15) is 0 Å². The first-order valence-electron chi connectivity index (χ1n) is 11.0. The summed E-state index contributed by atoms with van der Waals surface area (Å²) in [5.41, 5.74) is 6.12. The molecule has 0 radical (unpaired) electrons. The van der Waals surface area contributed by atoms with Crippen molar-refractivity contribution in [3.8, 4) is 0 Å². The van der Waals surface area contributed by atoms with Gasteiger partial charge in [0.05, 0.1) is 15.7 Å². The van der Waals surface area contributed by atoms with Crippen LogP contribution in [0.4, 0.5) is 5.69 Å². The number of carbonyl (C=O) groups excluding carboxylic acids is 1. The van der Waals surface area contributed by atoms with Gasteiger partial charge in [0.1, 0.15) is 11.1 Å². The molecule has 168 valence electrons. The van der Waals surface area contributed by atoms with Crippen molar-refractivity contribution in [2.75, 3.05) is 37.6 Å². The molecule has 0 amide bonds. The molecule has 30 heavy (non-hydrogen) atoms. The minimum atomic E-state index is -0.814. The Balaban J connectivity index is 1.41. The number of esters is 1. The van der Waals surface area contributed by atoms with Gasteiger partial charge in [0.25, 0.3) is 0 Å². The van der Waals surface area contributed by atoms with Crippen LogP contribution < -0.4 is 10.6 Å². The lowest BCUT2D eigenvalue weighted by molar-refractivity contribution is -0.163. The zero-order valence-electron chi connectivity index (χ0n) is 18.4. The third-order valence-corrected chi connectivity index (χ3v) is 7.11. The Morgan fingerprint density at radius 3 is 2.40 bits per heavy atom. The quantitative estimate of drug-likeness (QED) is 0.649. The van der Waals surface area contributed by atoms with E-state index in [4.69, 9.17) is 33.7 Å². The van der Waals surface area contributed by atoms with Gasteiger partial charge in [-0.3, -0.25) is 9.69 Å². The molecule has 1 saturated heterocycles. The molecule has 0 aromatic heterocycles. The second-order valence-electron chi connectivity index (χ2n) is 9.79. The molecule has 3 rings (SSSR count). The zero-order chi connectivity index (χ0) is 21.9. The Bertz CT molecular complexity index is 734. The molecule has 0 unspecified atom stereocenters. The Morgan fingerprint density at radius 1 is 1.17 bits per heavy atom. The van der Waals surface area contributed by atoms with Gasteiger partial charge in [0.2, 0.25) is 0 Å². The smallest absolute Gasteiger partial charge is 0.326 e. The molecule has 2 aliphatic rings. The lowest BCUT2D eigenvalue weighted by Crippen LogP contribution is -2.53. The van der Waals surface area contributed by atoms with Gasteiger partial charge >= 0.3 is 5.97 Å². The molecule has 7 heteroatoms. The fraction of sp³-hybridized carbons (Fsp3) is 0.696. The molecule has 1 aliphatic heterocycles. The van der Waals surface area contributed by atoms with Gasteiger partial charge in [-0.05, 0) is 77.5 Å². The van der Waals surface area contributed by atoms with E-state index in [1.807, 2.05) is 39.0 Å². The predicted octanol–water partition coefficient (Wildman–Crippen LogP) is 4.73. The Labute approximate surface area is 190 Å². The number of nitrogens with zero attached hydrogens (tertiary/aromatic N) is 2. The maximum absolute atomic E-state index is 12.5. The third kappa shape index (κ3) is 6.03. The van der Waals surface area contributed by atoms with Crippen LogP contribution in [0.2, 0.25) is 10.0 Å². The van der Waals surface area contributed by atoms with Crippen LogP contribution in [0.25, 0.3) is 0 Å². The second-order valence-corrected chi connectivity index (χ2v) is 10.6. The van der Waals surface area contributed by atoms with Crippen molar-refractivity contribution < 1.29 is 9.53 Å². The topological polar surface area (TPSA) is 58.8 Å². The summed E-state index contributed by atoms with van der Waals surface area (Å²) in [6.07, 6.45) is 4.57. The SMILES string of the molecule is CC(C)(C)OC(=O)C1(N)CCC(CCN2CCN(c3cccc(Cl)c3Cl)CC2)CC1. The number of piperazine rings is 1. The molecule has 5 nitrogen and oxygen atoms in total. The van der Waals surface area contributed by atoms with Crippen molar-refractivity contribution in [1.82, 2.24) is 4.90 Å². The molecule has 2 N–H and O–H groups in total. The van der Waals surface area contributed by atoms with E-state index in [1.165, 1.54) is 0 Å². The summed E-state index contributed by atoms with van der Waals surface area (Å²) in [5.74, 6) is 0.383. The first-order chi connectivity index (χ1) is 14.1. The second kappa shape index (κ2) is 9.64. The van der Waals surface area contributed by atoms with Crippen LogP contribution in [0.1, 0.15) is 52.9 Å². The van der Waals surface area contributed by atoms with Crippen molar-refractivity contribution in [2.45, 2.75) is 64.0 Å². The molecule has 1 heterocycles. The fourth-order valence-electron chi connectivity index (χ4n) is 4.38. The number of hydrogen-bond donors (Lipinski definition) is 1. The number of hydrogen-bond acceptors (Lipinski definition) is 5. The molecule has 1 saturated carbocycles. The van der Waals surface area contributed by atoms with Gasteiger partial charge in [0.15, 0.2) is 0 Å². The van der Waals surface area contributed by atoms with E-state index in [0.29, 0.717) is 28.8 Å². The molecule has 0 spiro atoms. The molecule has 0 atom stereocenters. The monoisotopic (exact) mass is 455 g/mol. The molecule has 0 bridgehead atoms. The van der Waals surface area contributed by atoms with E-state index in [1.54, 1.807) is 0 Å². The first-order valence-corrected chi connectivity index (χ1v) is 11.8. The Hall–Kier alpha value is -1.01. The predicted molar refractivity (Wildman–Crippen MR) is 124 cm³/mol. The number of anilines is 1. The van der Waals surface area contributed by atoms with Crippen LogP contribution >= 0.6 is 23.2 Å². The summed E-state index contributed by atoms with van der Waals surface area (Å²) >= 11 is 12.5. The summed E-state index contributed by atoms with van der Waals surface area (Å²) in [6, 6.07) is 5.82. The van der Waals surface area contributed by atoms with Crippen LogP contribution in [0.15, 0.2) is 18.2 Å².